The minimum Gasteiger partial charge on any atom is -0.308 e. The van der Waals surface area contributed by atoms with Crippen molar-refractivity contribution in [2.75, 3.05) is 16.4 Å². The van der Waals surface area contributed by atoms with Crippen LogP contribution in [0.1, 0.15) is 0 Å². The molecule has 0 heterocycles. The van der Waals surface area contributed by atoms with Gasteiger partial charge >= 0.3 is 0 Å². The largest absolute Gasteiger partial charge is 0.308 e. The summed E-state index contributed by atoms with van der Waals surface area (Å²) in [5.74, 6) is -0.438. The zero-order valence-electron chi connectivity index (χ0n) is 11.9. The second kappa shape index (κ2) is 6.52. The van der Waals surface area contributed by atoms with Gasteiger partial charge in [0.1, 0.15) is 5.82 Å². The number of anilines is 2. The van der Waals surface area contributed by atoms with E-state index in [1.807, 2.05) is 0 Å². The van der Waals surface area contributed by atoms with Gasteiger partial charge in [0.2, 0.25) is 10.0 Å². The monoisotopic (exact) mass is 359 g/mol. The van der Waals surface area contributed by atoms with Gasteiger partial charge in [-0.1, -0.05) is 0 Å². The van der Waals surface area contributed by atoms with Crippen LogP contribution >= 0.6 is 0 Å². The Hall–Kier alpha value is -2.17. The summed E-state index contributed by atoms with van der Waals surface area (Å²) in [5.41, 5.74) is 3.06. The number of hydrogen-bond acceptors (Lipinski definition) is 5. The molecular formula is C13H14FN3O4S2. The van der Waals surface area contributed by atoms with E-state index in [1.165, 1.54) is 48.5 Å². The van der Waals surface area contributed by atoms with Crippen LogP contribution in [0, 0.1) is 5.82 Å². The molecule has 0 aliphatic heterocycles. The van der Waals surface area contributed by atoms with Crippen molar-refractivity contribution in [3.63, 3.8) is 0 Å². The normalized spacial score (nSPS) is 11.9. The van der Waals surface area contributed by atoms with Gasteiger partial charge in [0.05, 0.1) is 11.2 Å². The maximum atomic E-state index is 12.8. The number of hydrazine groups is 1. The second-order valence-electron chi connectivity index (χ2n) is 4.64. The third kappa shape index (κ3) is 5.20. The molecule has 2 aromatic rings. The molecule has 0 spiro atoms. The van der Waals surface area contributed by atoms with Crippen molar-refractivity contribution in [2.24, 2.45) is 0 Å². The van der Waals surface area contributed by atoms with Gasteiger partial charge in [-0.3, -0.25) is 4.72 Å². The molecule has 0 bridgehead atoms. The van der Waals surface area contributed by atoms with Crippen LogP contribution in [0.2, 0.25) is 0 Å². The van der Waals surface area contributed by atoms with E-state index in [0.717, 1.165) is 6.26 Å². The summed E-state index contributed by atoms with van der Waals surface area (Å²) in [6.07, 6.45) is 0.992. The molecule has 0 aliphatic rings. The second-order valence-corrected chi connectivity index (χ2v) is 8.07. The summed E-state index contributed by atoms with van der Waals surface area (Å²) < 4.78 is 61.3. The molecule has 0 unspecified atom stereocenters. The molecule has 2 aromatic carbocycles. The van der Waals surface area contributed by atoms with Gasteiger partial charge < -0.3 is 5.43 Å². The molecule has 3 N–H and O–H groups in total. The molecule has 0 amide bonds. The highest BCUT2D eigenvalue weighted by Gasteiger charge is 2.14. The number of sulfonamides is 2. The van der Waals surface area contributed by atoms with Crippen molar-refractivity contribution in [3.8, 4) is 0 Å². The quantitative estimate of drug-likeness (QED) is 0.678. The SMILES string of the molecule is CS(=O)(=O)Nc1ccc(S(=O)(=O)NNc2ccc(F)cc2)cc1. The Morgan fingerprint density at radius 3 is 1.87 bits per heavy atom. The first kappa shape index (κ1) is 17.2. The maximum Gasteiger partial charge on any atom is 0.257 e. The lowest BCUT2D eigenvalue weighted by atomic mass is 10.3. The van der Waals surface area contributed by atoms with E-state index in [4.69, 9.17) is 0 Å². The fourth-order valence-corrected chi connectivity index (χ4v) is 3.06. The zero-order valence-corrected chi connectivity index (χ0v) is 13.6. The first-order valence-electron chi connectivity index (χ1n) is 6.27. The van der Waals surface area contributed by atoms with Crippen LogP contribution in [-0.4, -0.2) is 23.1 Å². The predicted octanol–water partition coefficient (Wildman–Crippen LogP) is 1.50. The van der Waals surface area contributed by atoms with Crippen LogP contribution in [0.25, 0.3) is 0 Å². The fourth-order valence-electron chi connectivity index (χ4n) is 1.63. The Morgan fingerprint density at radius 2 is 1.35 bits per heavy atom. The summed E-state index contributed by atoms with van der Waals surface area (Å²) in [5, 5.41) is 0. The number of halogens is 1. The van der Waals surface area contributed by atoms with E-state index in [9.17, 15) is 21.2 Å². The van der Waals surface area contributed by atoms with Gasteiger partial charge in [-0.25, -0.2) is 21.2 Å². The predicted molar refractivity (Wildman–Crippen MR) is 85.3 cm³/mol. The molecule has 0 atom stereocenters. The van der Waals surface area contributed by atoms with Crippen LogP contribution in [0.4, 0.5) is 15.8 Å². The van der Waals surface area contributed by atoms with Crippen LogP contribution in [0.15, 0.2) is 53.4 Å². The molecule has 0 aromatic heterocycles. The minimum atomic E-state index is -3.86. The first-order valence-corrected chi connectivity index (χ1v) is 9.64. The van der Waals surface area contributed by atoms with Crippen molar-refractivity contribution in [1.82, 2.24) is 4.83 Å². The van der Waals surface area contributed by atoms with E-state index in [1.54, 1.807) is 0 Å². The molecule has 0 aliphatic carbocycles. The van der Waals surface area contributed by atoms with Crippen molar-refractivity contribution in [1.29, 1.82) is 0 Å². The van der Waals surface area contributed by atoms with Gasteiger partial charge in [-0.05, 0) is 48.5 Å². The van der Waals surface area contributed by atoms with E-state index in [2.05, 4.69) is 15.0 Å². The molecule has 0 saturated heterocycles. The smallest absolute Gasteiger partial charge is 0.257 e. The van der Waals surface area contributed by atoms with Crippen molar-refractivity contribution in [2.45, 2.75) is 4.90 Å². The number of rotatable bonds is 6. The van der Waals surface area contributed by atoms with E-state index >= 15 is 0 Å². The lowest BCUT2D eigenvalue weighted by molar-refractivity contribution is 0.587. The summed E-state index contributed by atoms with van der Waals surface area (Å²) in [6.45, 7) is 0. The highest BCUT2D eigenvalue weighted by Crippen LogP contribution is 2.15. The third-order valence-corrected chi connectivity index (χ3v) is 4.51. The lowest BCUT2D eigenvalue weighted by Crippen LogP contribution is -2.29. The number of nitrogens with one attached hydrogen (secondary N) is 3. The highest BCUT2D eigenvalue weighted by molar-refractivity contribution is 7.92. The average Bonchev–Trinajstić information content (AvgIpc) is 2.46. The van der Waals surface area contributed by atoms with Gasteiger partial charge in [-0.15, -0.1) is 4.83 Å². The Labute approximate surface area is 133 Å². The van der Waals surface area contributed by atoms with Crippen LogP contribution < -0.4 is 15.0 Å². The molecular weight excluding hydrogens is 345 g/mol. The first-order chi connectivity index (χ1) is 10.7. The molecule has 2 rings (SSSR count). The Bertz CT molecular complexity index is 880. The fraction of sp³-hybridized carbons (Fsp3) is 0.0769. The van der Waals surface area contributed by atoms with Crippen molar-refractivity contribution >= 4 is 31.4 Å². The Morgan fingerprint density at radius 1 is 0.826 bits per heavy atom. The van der Waals surface area contributed by atoms with Crippen LogP contribution in [0.3, 0.4) is 0 Å². The van der Waals surface area contributed by atoms with E-state index in [-0.39, 0.29) is 10.6 Å². The molecule has 23 heavy (non-hydrogen) atoms. The van der Waals surface area contributed by atoms with Crippen molar-refractivity contribution in [3.05, 3.63) is 54.3 Å². The lowest BCUT2D eigenvalue weighted by Gasteiger charge is -2.10. The summed E-state index contributed by atoms with van der Waals surface area (Å²) in [6, 6.07) is 10.3. The molecule has 0 radical (unpaired) electrons. The summed E-state index contributed by atoms with van der Waals surface area (Å²) >= 11 is 0. The molecule has 124 valence electrons. The average molecular weight is 359 g/mol. The third-order valence-electron chi connectivity index (χ3n) is 2.64. The van der Waals surface area contributed by atoms with E-state index in [0.29, 0.717) is 5.69 Å². The Kier molecular flexibility index (Phi) is 4.88. The topological polar surface area (TPSA) is 104 Å². The molecule has 0 saturated carbocycles. The van der Waals surface area contributed by atoms with Crippen LogP contribution in [0.5, 0.6) is 0 Å². The summed E-state index contributed by atoms with van der Waals surface area (Å²) in [4.78, 5) is 2.08. The highest BCUT2D eigenvalue weighted by atomic mass is 32.2. The molecule has 0 fully saturated rings. The van der Waals surface area contributed by atoms with Gasteiger partial charge in [-0.2, -0.15) is 0 Å². The van der Waals surface area contributed by atoms with Gasteiger partial charge in [0.15, 0.2) is 0 Å². The van der Waals surface area contributed by atoms with Crippen molar-refractivity contribution < 1.29 is 21.2 Å². The standard InChI is InChI=1S/C13H14FN3O4S2/c1-22(18,19)16-12-6-8-13(9-7-12)23(20,21)17-15-11-4-2-10(14)3-5-11/h2-9,15-17H,1H3. The summed E-state index contributed by atoms with van der Waals surface area (Å²) in [7, 11) is -7.29. The van der Waals surface area contributed by atoms with Crippen LogP contribution in [-0.2, 0) is 20.0 Å². The zero-order chi connectivity index (χ0) is 17.1. The van der Waals surface area contributed by atoms with Gasteiger partial charge in [0, 0.05) is 11.4 Å². The molecule has 7 nitrogen and oxygen atoms in total. The maximum absolute atomic E-state index is 12.8. The number of benzene rings is 2. The van der Waals surface area contributed by atoms with E-state index < -0.39 is 25.9 Å². The molecule has 10 heteroatoms. The minimum absolute atomic E-state index is 0.0637. The Balaban J connectivity index is 2.08. The number of hydrogen-bond donors (Lipinski definition) is 3. The van der Waals surface area contributed by atoms with Gasteiger partial charge in [0.25, 0.3) is 10.0 Å².